The van der Waals surface area contributed by atoms with Crippen LogP contribution in [0.5, 0.6) is 5.75 Å². The molecule has 1 aliphatic carbocycles. The summed E-state index contributed by atoms with van der Waals surface area (Å²) >= 11 is 0. The molecule has 5 heteroatoms. The lowest BCUT2D eigenvalue weighted by Gasteiger charge is -2.22. The molecule has 2 aromatic carbocycles. The number of ether oxygens (including phenoxy) is 1. The van der Waals surface area contributed by atoms with Gasteiger partial charge < -0.3 is 10.1 Å². The average Bonchev–Trinajstić information content (AvgIpc) is 2.72. The van der Waals surface area contributed by atoms with Gasteiger partial charge in [0.15, 0.2) is 0 Å². The minimum Gasteiger partial charge on any atom is -0.480 e. The number of hydrogen-bond acceptors (Lipinski definition) is 4. The van der Waals surface area contributed by atoms with Gasteiger partial charge in [0.25, 0.3) is 5.91 Å². The minimum atomic E-state index is -0.150. The molecule has 0 bridgehead atoms. The highest BCUT2D eigenvalue weighted by Crippen LogP contribution is 2.26. The molecule has 0 aromatic heterocycles. The zero-order valence-corrected chi connectivity index (χ0v) is 15.4. The normalized spacial score (nSPS) is 14.9. The lowest BCUT2D eigenvalue weighted by Crippen LogP contribution is -2.38. The molecule has 0 spiro atoms. The lowest BCUT2D eigenvalue weighted by atomic mass is 9.95. The van der Waals surface area contributed by atoms with Gasteiger partial charge in [-0.3, -0.25) is 4.79 Å². The van der Waals surface area contributed by atoms with E-state index in [0.29, 0.717) is 11.8 Å². The molecule has 27 heavy (non-hydrogen) atoms. The molecular formula is C22H25N3O2. The van der Waals surface area contributed by atoms with Gasteiger partial charge >= 0.3 is 0 Å². The van der Waals surface area contributed by atoms with Crippen molar-refractivity contribution in [2.75, 3.05) is 13.2 Å². The maximum Gasteiger partial charge on any atom is 0.254 e. The summed E-state index contributed by atoms with van der Waals surface area (Å²) in [5, 5.41) is 9.49. The van der Waals surface area contributed by atoms with Crippen LogP contribution in [0.25, 0.3) is 10.8 Å². The Hall–Kier alpha value is -2.84. The Morgan fingerprint density at radius 3 is 2.85 bits per heavy atom. The number of carbonyl (C=O) groups is 1. The summed E-state index contributed by atoms with van der Waals surface area (Å²) < 4.78 is 5.63. The summed E-state index contributed by atoms with van der Waals surface area (Å²) in [5.74, 6) is 2.96. The van der Waals surface area contributed by atoms with Crippen molar-refractivity contribution in [1.29, 1.82) is 0 Å². The van der Waals surface area contributed by atoms with Gasteiger partial charge in [-0.05, 0) is 29.7 Å². The van der Waals surface area contributed by atoms with E-state index in [1.54, 1.807) is 6.21 Å². The van der Waals surface area contributed by atoms with Crippen LogP contribution in [-0.2, 0) is 4.79 Å². The molecule has 5 nitrogen and oxygen atoms in total. The Bertz CT molecular complexity index is 848. The van der Waals surface area contributed by atoms with Crippen molar-refractivity contribution in [3.63, 3.8) is 0 Å². The standard InChI is InChI=1S/C22H25N3O2/c1-2-14-27-21-13-12-17-8-6-7-11-19(17)20(21)15-24-25-22(26)16-23-18-9-4-3-5-10-18/h1,6-8,11-13,15,18,23H,3-5,9-10,14,16H2,(H,25,26)/b24-15-. The van der Waals surface area contributed by atoms with Crippen LogP contribution in [0.4, 0.5) is 0 Å². The van der Waals surface area contributed by atoms with Crippen LogP contribution in [0.2, 0.25) is 0 Å². The fourth-order valence-corrected chi connectivity index (χ4v) is 3.41. The van der Waals surface area contributed by atoms with E-state index in [2.05, 4.69) is 21.8 Å². The van der Waals surface area contributed by atoms with Gasteiger partial charge in [0, 0.05) is 11.6 Å². The summed E-state index contributed by atoms with van der Waals surface area (Å²) in [4.78, 5) is 12.1. The monoisotopic (exact) mass is 363 g/mol. The Labute approximate surface area is 160 Å². The van der Waals surface area contributed by atoms with E-state index in [0.717, 1.165) is 29.2 Å². The molecule has 1 amide bonds. The SMILES string of the molecule is C#CCOc1ccc2ccccc2c1/C=N\NC(=O)CNC1CCCCC1. The highest BCUT2D eigenvalue weighted by atomic mass is 16.5. The molecule has 0 radical (unpaired) electrons. The van der Waals surface area contributed by atoms with Crippen LogP contribution in [-0.4, -0.2) is 31.3 Å². The van der Waals surface area contributed by atoms with E-state index in [-0.39, 0.29) is 19.1 Å². The second-order valence-electron chi connectivity index (χ2n) is 6.70. The first-order valence-electron chi connectivity index (χ1n) is 9.41. The number of benzene rings is 2. The number of terminal acetylenes is 1. The molecule has 0 heterocycles. The van der Waals surface area contributed by atoms with E-state index in [4.69, 9.17) is 11.2 Å². The third kappa shape index (κ3) is 5.32. The van der Waals surface area contributed by atoms with E-state index in [1.165, 1.54) is 19.3 Å². The maximum atomic E-state index is 12.1. The Morgan fingerprint density at radius 1 is 1.22 bits per heavy atom. The molecule has 2 aromatic rings. The van der Waals surface area contributed by atoms with Crippen LogP contribution in [0.3, 0.4) is 0 Å². The van der Waals surface area contributed by atoms with E-state index >= 15 is 0 Å². The van der Waals surface area contributed by atoms with Crippen LogP contribution in [0, 0.1) is 12.3 Å². The highest BCUT2D eigenvalue weighted by molar-refractivity contribution is 6.02. The van der Waals surface area contributed by atoms with Gasteiger partial charge in [-0.1, -0.05) is 55.5 Å². The van der Waals surface area contributed by atoms with Crippen LogP contribution >= 0.6 is 0 Å². The van der Waals surface area contributed by atoms with Gasteiger partial charge in [-0.25, -0.2) is 5.43 Å². The second kappa shape index (κ2) is 9.75. The summed E-state index contributed by atoms with van der Waals surface area (Å²) in [6, 6.07) is 12.2. The van der Waals surface area contributed by atoms with Crippen LogP contribution in [0.15, 0.2) is 41.5 Å². The van der Waals surface area contributed by atoms with Gasteiger partial charge in [-0.15, -0.1) is 6.42 Å². The summed E-state index contributed by atoms with van der Waals surface area (Å²) in [7, 11) is 0. The van der Waals surface area contributed by atoms with Crippen molar-refractivity contribution in [2.45, 2.75) is 38.1 Å². The molecule has 0 saturated heterocycles. The Kier molecular flexibility index (Phi) is 6.84. The molecule has 0 atom stereocenters. The summed E-state index contributed by atoms with van der Waals surface area (Å²) in [6.45, 7) is 0.453. The smallest absolute Gasteiger partial charge is 0.254 e. The van der Waals surface area contributed by atoms with Gasteiger partial charge in [0.05, 0.1) is 12.8 Å². The number of nitrogens with zero attached hydrogens (tertiary/aromatic N) is 1. The van der Waals surface area contributed by atoms with Crippen molar-refractivity contribution in [2.24, 2.45) is 5.10 Å². The molecule has 140 valence electrons. The number of nitrogens with one attached hydrogen (secondary N) is 2. The third-order valence-corrected chi connectivity index (χ3v) is 4.78. The number of carbonyl (C=O) groups excluding carboxylic acids is 1. The fraction of sp³-hybridized carbons (Fsp3) is 0.364. The quantitative estimate of drug-likeness (QED) is 0.451. The summed E-state index contributed by atoms with van der Waals surface area (Å²) in [6.07, 6.45) is 13.0. The molecule has 0 unspecified atom stereocenters. The molecular weight excluding hydrogens is 338 g/mol. The minimum absolute atomic E-state index is 0.150. The van der Waals surface area contributed by atoms with Gasteiger partial charge in [0.1, 0.15) is 12.4 Å². The van der Waals surface area contributed by atoms with Gasteiger partial charge in [0.2, 0.25) is 0 Å². The largest absolute Gasteiger partial charge is 0.480 e. The second-order valence-corrected chi connectivity index (χ2v) is 6.70. The average molecular weight is 363 g/mol. The first-order chi connectivity index (χ1) is 13.3. The topological polar surface area (TPSA) is 62.7 Å². The first-order valence-corrected chi connectivity index (χ1v) is 9.41. The van der Waals surface area contributed by atoms with Crippen molar-refractivity contribution in [3.05, 3.63) is 42.0 Å². The maximum absolute atomic E-state index is 12.1. The van der Waals surface area contributed by atoms with Crippen molar-refractivity contribution >= 4 is 22.9 Å². The Morgan fingerprint density at radius 2 is 2.04 bits per heavy atom. The summed E-state index contributed by atoms with van der Waals surface area (Å²) in [5.41, 5.74) is 3.39. The van der Waals surface area contributed by atoms with Crippen LogP contribution < -0.4 is 15.5 Å². The first kappa shape index (κ1) is 18.9. The molecule has 3 rings (SSSR count). The highest BCUT2D eigenvalue weighted by Gasteiger charge is 2.13. The molecule has 0 aliphatic heterocycles. The van der Waals surface area contributed by atoms with Gasteiger partial charge in [-0.2, -0.15) is 5.10 Å². The lowest BCUT2D eigenvalue weighted by molar-refractivity contribution is -0.120. The number of rotatable bonds is 7. The molecule has 1 fully saturated rings. The Balaban J connectivity index is 1.65. The number of hydrogen-bond donors (Lipinski definition) is 2. The van der Waals surface area contributed by atoms with E-state index < -0.39 is 0 Å². The van der Waals surface area contributed by atoms with E-state index in [9.17, 15) is 4.79 Å². The van der Waals surface area contributed by atoms with Crippen molar-refractivity contribution in [3.8, 4) is 18.1 Å². The number of amides is 1. The van der Waals surface area contributed by atoms with Crippen molar-refractivity contribution < 1.29 is 9.53 Å². The number of hydrazone groups is 1. The zero-order chi connectivity index (χ0) is 18.9. The fourth-order valence-electron chi connectivity index (χ4n) is 3.41. The zero-order valence-electron chi connectivity index (χ0n) is 15.4. The third-order valence-electron chi connectivity index (χ3n) is 4.78. The number of fused-ring (bicyclic) bond motifs is 1. The molecule has 2 N–H and O–H groups in total. The predicted molar refractivity (Wildman–Crippen MR) is 109 cm³/mol. The van der Waals surface area contributed by atoms with Crippen molar-refractivity contribution in [1.82, 2.24) is 10.7 Å². The predicted octanol–water partition coefficient (Wildman–Crippen LogP) is 3.22. The van der Waals surface area contributed by atoms with Crippen LogP contribution in [0.1, 0.15) is 37.7 Å². The molecule has 1 aliphatic rings. The molecule has 1 saturated carbocycles. The van der Waals surface area contributed by atoms with E-state index in [1.807, 2.05) is 36.4 Å².